The van der Waals surface area contributed by atoms with Crippen molar-refractivity contribution >= 4 is 23.8 Å². The highest BCUT2D eigenvalue weighted by Gasteiger charge is 2.07. The van der Waals surface area contributed by atoms with Crippen LogP contribution in [-0.4, -0.2) is 24.0 Å². The maximum Gasteiger partial charge on any atom is 0.306 e. The second-order valence-corrected chi connectivity index (χ2v) is 3.30. The zero-order valence-corrected chi connectivity index (χ0v) is 9.60. The van der Waals surface area contributed by atoms with Gasteiger partial charge in [-0.2, -0.15) is 0 Å². The van der Waals surface area contributed by atoms with Gasteiger partial charge in [-0.1, -0.05) is 12.7 Å². The number of anilines is 1. The molecule has 17 heavy (non-hydrogen) atoms. The summed E-state index contributed by atoms with van der Waals surface area (Å²) in [4.78, 5) is 26.3. The second-order valence-electron chi connectivity index (χ2n) is 3.30. The van der Waals surface area contributed by atoms with Crippen LogP contribution in [-0.2, 0) is 14.3 Å². The fourth-order valence-electron chi connectivity index (χ4n) is 1.17. The highest BCUT2D eigenvalue weighted by molar-refractivity contribution is 5.91. The molecule has 1 heterocycles. The maximum absolute atomic E-state index is 11.4. The Morgan fingerprint density at radius 3 is 2.94 bits per heavy atom. The molecular weight excluding hydrogens is 220 g/mol. The lowest BCUT2D eigenvalue weighted by Crippen LogP contribution is -2.14. The van der Waals surface area contributed by atoms with Crippen molar-refractivity contribution in [1.29, 1.82) is 0 Å². The van der Waals surface area contributed by atoms with Gasteiger partial charge in [0.25, 0.3) is 0 Å². The lowest BCUT2D eigenvalue weighted by atomic mass is 10.2. The summed E-state index contributed by atoms with van der Waals surface area (Å²) in [6, 6.07) is 3.47. The van der Waals surface area contributed by atoms with Crippen molar-refractivity contribution in [2.24, 2.45) is 0 Å². The van der Waals surface area contributed by atoms with E-state index in [1.807, 2.05) is 0 Å². The van der Waals surface area contributed by atoms with Crippen LogP contribution in [0, 0.1) is 0 Å². The molecule has 0 saturated heterocycles. The highest BCUT2D eigenvalue weighted by Crippen LogP contribution is 2.08. The number of carbonyl (C=O) groups is 2. The molecule has 5 heteroatoms. The molecule has 0 radical (unpaired) electrons. The van der Waals surface area contributed by atoms with Crippen molar-refractivity contribution in [2.45, 2.75) is 12.8 Å². The van der Waals surface area contributed by atoms with Crippen LogP contribution in [0.5, 0.6) is 0 Å². The van der Waals surface area contributed by atoms with E-state index in [2.05, 4.69) is 21.6 Å². The van der Waals surface area contributed by atoms with Gasteiger partial charge in [-0.15, -0.1) is 0 Å². The number of nitrogens with one attached hydrogen (secondary N) is 1. The number of amides is 1. The van der Waals surface area contributed by atoms with Crippen molar-refractivity contribution in [1.82, 2.24) is 4.98 Å². The Labute approximate surface area is 99.5 Å². The normalized spacial score (nSPS) is 9.47. The standard InChI is InChI=1S/C12H14N2O3/c1-3-9-6-7-13-10(8-9)14-11(15)4-5-12(16)17-2/h3,6-8H,1,4-5H2,2H3,(H,13,14,15). The van der Waals surface area contributed by atoms with Gasteiger partial charge in [0.2, 0.25) is 5.91 Å². The summed E-state index contributed by atoms with van der Waals surface area (Å²) >= 11 is 0. The summed E-state index contributed by atoms with van der Waals surface area (Å²) in [6.45, 7) is 3.62. The number of ether oxygens (including phenoxy) is 1. The van der Waals surface area contributed by atoms with Crippen molar-refractivity contribution in [3.8, 4) is 0 Å². The molecule has 0 spiro atoms. The third kappa shape index (κ3) is 4.46. The molecule has 0 aliphatic carbocycles. The third-order valence-electron chi connectivity index (χ3n) is 2.07. The largest absolute Gasteiger partial charge is 0.469 e. The molecule has 1 amide bonds. The summed E-state index contributed by atoms with van der Waals surface area (Å²) in [5.74, 6) is -0.241. The SMILES string of the molecule is C=Cc1ccnc(NC(=O)CCC(=O)OC)c1. The van der Waals surface area contributed by atoms with Gasteiger partial charge < -0.3 is 10.1 Å². The Hall–Kier alpha value is -2.17. The minimum atomic E-state index is -0.409. The van der Waals surface area contributed by atoms with Gasteiger partial charge in [0, 0.05) is 12.6 Å². The molecule has 0 saturated carbocycles. The molecule has 1 aromatic heterocycles. The molecule has 0 aliphatic rings. The first kappa shape index (κ1) is 12.9. The molecule has 1 aromatic rings. The third-order valence-corrected chi connectivity index (χ3v) is 2.07. The van der Waals surface area contributed by atoms with Crippen LogP contribution in [0.2, 0.25) is 0 Å². The topological polar surface area (TPSA) is 68.3 Å². The van der Waals surface area contributed by atoms with Crippen molar-refractivity contribution in [3.63, 3.8) is 0 Å². The van der Waals surface area contributed by atoms with Crippen molar-refractivity contribution in [3.05, 3.63) is 30.5 Å². The zero-order chi connectivity index (χ0) is 12.7. The van der Waals surface area contributed by atoms with E-state index in [4.69, 9.17) is 0 Å². The summed E-state index contributed by atoms with van der Waals surface area (Å²) in [7, 11) is 1.29. The Morgan fingerprint density at radius 2 is 2.29 bits per heavy atom. The number of carbonyl (C=O) groups excluding carboxylic acids is 2. The monoisotopic (exact) mass is 234 g/mol. The van der Waals surface area contributed by atoms with Crippen LogP contribution < -0.4 is 5.32 Å². The van der Waals surface area contributed by atoms with Gasteiger partial charge in [0.1, 0.15) is 5.82 Å². The van der Waals surface area contributed by atoms with Crippen LogP contribution in [0.4, 0.5) is 5.82 Å². The molecule has 1 rings (SSSR count). The van der Waals surface area contributed by atoms with Crippen LogP contribution in [0.15, 0.2) is 24.9 Å². The van der Waals surface area contributed by atoms with E-state index in [-0.39, 0.29) is 18.7 Å². The quantitative estimate of drug-likeness (QED) is 0.786. The number of pyridine rings is 1. The van der Waals surface area contributed by atoms with Crippen LogP contribution in [0.1, 0.15) is 18.4 Å². The highest BCUT2D eigenvalue weighted by atomic mass is 16.5. The van der Waals surface area contributed by atoms with E-state index in [0.717, 1.165) is 5.56 Å². The molecule has 5 nitrogen and oxygen atoms in total. The van der Waals surface area contributed by atoms with Crippen LogP contribution in [0.3, 0.4) is 0 Å². The first-order valence-corrected chi connectivity index (χ1v) is 5.11. The van der Waals surface area contributed by atoms with Crippen molar-refractivity contribution in [2.75, 3.05) is 12.4 Å². The predicted molar refractivity (Wildman–Crippen MR) is 64.2 cm³/mol. The first-order chi connectivity index (χ1) is 8.15. The average Bonchev–Trinajstić information content (AvgIpc) is 2.36. The second kappa shape index (κ2) is 6.42. The van der Waals surface area contributed by atoms with Gasteiger partial charge in [0.05, 0.1) is 13.5 Å². The van der Waals surface area contributed by atoms with E-state index in [1.165, 1.54) is 7.11 Å². The van der Waals surface area contributed by atoms with E-state index in [9.17, 15) is 9.59 Å². The van der Waals surface area contributed by atoms with Gasteiger partial charge in [-0.05, 0) is 17.7 Å². The summed E-state index contributed by atoms with van der Waals surface area (Å²) in [5.41, 5.74) is 0.864. The van der Waals surface area contributed by atoms with Crippen LogP contribution >= 0.6 is 0 Å². The van der Waals surface area contributed by atoms with Gasteiger partial charge >= 0.3 is 5.97 Å². The fourth-order valence-corrected chi connectivity index (χ4v) is 1.17. The Bertz CT molecular complexity index is 430. The lowest BCUT2D eigenvalue weighted by Gasteiger charge is -2.04. The zero-order valence-electron chi connectivity index (χ0n) is 9.60. The fraction of sp³-hybridized carbons (Fsp3) is 0.250. The van der Waals surface area contributed by atoms with Gasteiger partial charge in [-0.25, -0.2) is 4.98 Å². The molecule has 0 atom stereocenters. The van der Waals surface area contributed by atoms with Gasteiger partial charge in [-0.3, -0.25) is 9.59 Å². The molecule has 1 N–H and O–H groups in total. The molecule has 90 valence electrons. The number of hydrogen-bond acceptors (Lipinski definition) is 4. The number of aromatic nitrogens is 1. The smallest absolute Gasteiger partial charge is 0.306 e. The lowest BCUT2D eigenvalue weighted by molar-refractivity contribution is -0.141. The van der Waals surface area contributed by atoms with E-state index in [1.54, 1.807) is 24.4 Å². The first-order valence-electron chi connectivity index (χ1n) is 5.11. The van der Waals surface area contributed by atoms with Crippen LogP contribution in [0.25, 0.3) is 6.08 Å². The number of methoxy groups -OCH3 is 1. The predicted octanol–water partition coefficient (Wildman–Crippen LogP) is 1.62. The van der Waals surface area contributed by atoms with Crippen molar-refractivity contribution < 1.29 is 14.3 Å². The summed E-state index contributed by atoms with van der Waals surface area (Å²) < 4.78 is 4.44. The number of esters is 1. The number of nitrogens with zero attached hydrogens (tertiary/aromatic N) is 1. The van der Waals surface area contributed by atoms with E-state index in [0.29, 0.717) is 5.82 Å². The molecule has 0 unspecified atom stereocenters. The summed E-state index contributed by atoms with van der Waals surface area (Å²) in [5, 5.41) is 2.59. The maximum atomic E-state index is 11.4. The Morgan fingerprint density at radius 1 is 1.53 bits per heavy atom. The molecule has 0 fully saturated rings. The molecule has 0 bridgehead atoms. The Balaban J connectivity index is 2.50. The molecule has 0 aliphatic heterocycles. The molecule has 0 aromatic carbocycles. The number of rotatable bonds is 5. The minimum Gasteiger partial charge on any atom is -0.469 e. The van der Waals surface area contributed by atoms with Gasteiger partial charge in [0.15, 0.2) is 0 Å². The summed E-state index contributed by atoms with van der Waals surface area (Å²) in [6.07, 6.45) is 3.37. The minimum absolute atomic E-state index is 0.0590. The average molecular weight is 234 g/mol. The van der Waals surface area contributed by atoms with E-state index >= 15 is 0 Å². The Kier molecular flexibility index (Phi) is 4.87. The molecular formula is C12H14N2O3. The number of hydrogen-bond donors (Lipinski definition) is 1. The van der Waals surface area contributed by atoms with E-state index < -0.39 is 5.97 Å².